The van der Waals surface area contributed by atoms with Crippen molar-refractivity contribution in [3.63, 3.8) is 0 Å². The van der Waals surface area contributed by atoms with Gasteiger partial charge in [-0.05, 0) is 24.6 Å². The molecule has 0 spiro atoms. The first-order chi connectivity index (χ1) is 6.29. The molecule has 0 radical (unpaired) electrons. The van der Waals surface area contributed by atoms with Crippen LogP contribution >= 0.6 is 23.5 Å². The van der Waals surface area contributed by atoms with Crippen LogP contribution in [0.1, 0.15) is 0 Å². The summed E-state index contributed by atoms with van der Waals surface area (Å²) in [4.78, 5) is 2.29. The van der Waals surface area contributed by atoms with Crippen LogP contribution in [-0.4, -0.2) is 24.3 Å². The van der Waals surface area contributed by atoms with E-state index in [0.717, 1.165) is 0 Å². The summed E-state index contributed by atoms with van der Waals surface area (Å²) in [5.41, 5.74) is 1.27. The van der Waals surface area contributed by atoms with Gasteiger partial charge in [0.1, 0.15) is 4.71 Å². The minimum Gasteiger partial charge on any atom is -0.354 e. The number of para-hydroxylation sites is 1. The summed E-state index contributed by atoms with van der Waals surface area (Å²) >= 11 is 3.72. The fourth-order valence-corrected chi connectivity index (χ4v) is 2.84. The van der Waals surface area contributed by atoms with Gasteiger partial charge in [0.05, 0.1) is 0 Å². The number of thioether (sulfide) groups is 2. The average Bonchev–Trinajstić information content (AvgIpc) is 2.21. The summed E-state index contributed by atoms with van der Waals surface area (Å²) in [7, 11) is 2.13. The Balaban J connectivity index is 2.72. The lowest BCUT2D eigenvalue weighted by molar-refractivity contribution is 1.05. The molecule has 0 saturated heterocycles. The molecule has 0 atom stereocenters. The summed E-state index contributed by atoms with van der Waals surface area (Å²) in [6.45, 7) is 0. The zero-order chi connectivity index (χ0) is 9.68. The van der Waals surface area contributed by atoms with Crippen molar-refractivity contribution in [3.05, 3.63) is 30.3 Å². The number of anilines is 1. The fraction of sp³-hybridized carbons (Fsp3) is 0.400. The molecule has 0 unspecified atom stereocenters. The van der Waals surface area contributed by atoms with E-state index in [0.29, 0.717) is 4.71 Å². The highest BCUT2D eigenvalue weighted by atomic mass is 32.2. The minimum absolute atomic E-state index is 0.502. The third-order valence-corrected chi connectivity index (χ3v) is 4.48. The molecule has 0 aliphatic carbocycles. The SMILES string of the molecule is CSC(SC)N(C)c1ccccc1. The quantitative estimate of drug-likeness (QED) is 0.707. The maximum atomic E-state index is 2.29. The van der Waals surface area contributed by atoms with Crippen molar-refractivity contribution in [1.82, 2.24) is 0 Å². The van der Waals surface area contributed by atoms with E-state index in [1.807, 2.05) is 29.6 Å². The Hall–Kier alpha value is -0.280. The van der Waals surface area contributed by atoms with Crippen LogP contribution in [-0.2, 0) is 0 Å². The number of rotatable bonds is 4. The molecule has 1 aromatic carbocycles. The lowest BCUT2D eigenvalue weighted by Gasteiger charge is -2.26. The number of hydrogen-bond donors (Lipinski definition) is 0. The highest BCUT2D eigenvalue weighted by Crippen LogP contribution is 2.26. The van der Waals surface area contributed by atoms with Crippen molar-refractivity contribution >= 4 is 29.2 Å². The summed E-state index contributed by atoms with van der Waals surface area (Å²) in [6.07, 6.45) is 4.28. The topological polar surface area (TPSA) is 3.24 Å². The Kier molecular flexibility index (Phi) is 4.53. The lowest BCUT2D eigenvalue weighted by atomic mass is 10.3. The average molecular weight is 213 g/mol. The third-order valence-electron chi connectivity index (χ3n) is 1.88. The van der Waals surface area contributed by atoms with Crippen molar-refractivity contribution in [1.29, 1.82) is 0 Å². The second-order valence-corrected chi connectivity index (χ2v) is 4.86. The zero-order valence-corrected chi connectivity index (χ0v) is 9.86. The molecule has 1 rings (SSSR count). The van der Waals surface area contributed by atoms with Crippen LogP contribution in [0.4, 0.5) is 5.69 Å². The molecule has 0 aliphatic heterocycles. The smallest absolute Gasteiger partial charge is 0.121 e. The molecule has 0 N–H and O–H groups in total. The van der Waals surface area contributed by atoms with Crippen molar-refractivity contribution in [3.8, 4) is 0 Å². The summed E-state index contributed by atoms with van der Waals surface area (Å²) < 4.78 is 0.502. The van der Waals surface area contributed by atoms with Gasteiger partial charge in [-0.3, -0.25) is 0 Å². The van der Waals surface area contributed by atoms with E-state index in [4.69, 9.17) is 0 Å². The summed E-state index contributed by atoms with van der Waals surface area (Å²) in [5, 5.41) is 0. The standard InChI is InChI=1S/C10H15NS2/c1-11(10(12-2)13-3)9-7-5-4-6-8-9/h4-8,10H,1-3H3. The molecule has 0 amide bonds. The van der Waals surface area contributed by atoms with Crippen LogP contribution in [0.3, 0.4) is 0 Å². The molecule has 1 aromatic rings. The molecule has 0 saturated carbocycles. The molecule has 1 nitrogen and oxygen atoms in total. The van der Waals surface area contributed by atoms with Crippen molar-refractivity contribution < 1.29 is 0 Å². The number of benzene rings is 1. The predicted octanol–water partition coefficient (Wildman–Crippen LogP) is 3.13. The lowest BCUT2D eigenvalue weighted by Crippen LogP contribution is -2.25. The van der Waals surface area contributed by atoms with E-state index in [9.17, 15) is 0 Å². The van der Waals surface area contributed by atoms with Crippen LogP contribution < -0.4 is 4.90 Å². The first kappa shape index (κ1) is 10.8. The Bertz CT molecular complexity index is 234. The van der Waals surface area contributed by atoms with Gasteiger partial charge in [0.15, 0.2) is 0 Å². The van der Waals surface area contributed by atoms with Crippen LogP contribution in [0, 0.1) is 0 Å². The van der Waals surface area contributed by atoms with Crippen LogP contribution in [0.5, 0.6) is 0 Å². The molecule has 0 bridgehead atoms. The van der Waals surface area contributed by atoms with Crippen molar-refractivity contribution in [2.24, 2.45) is 0 Å². The van der Waals surface area contributed by atoms with Crippen molar-refractivity contribution in [2.45, 2.75) is 4.71 Å². The second-order valence-electron chi connectivity index (χ2n) is 2.72. The zero-order valence-electron chi connectivity index (χ0n) is 8.23. The number of hydrogen-bond acceptors (Lipinski definition) is 3. The molecule has 72 valence electrons. The van der Waals surface area contributed by atoms with Gasteiger partial charge in [0.25, 0.3) is 0 Å². The minimum atomic E-state index is 0.502. The van der Waals surface area contributed by atoms with E-state index in [1.54, 1.807) is 0 Å². The Morgan fingerprint density at radius 1 is 1.08 bits per heavy atom. The highest BCUT2D eigenvalue weighted by Gasteiger charge is 2.11. The van der Waals surface area contributed by atoms with Gasteiger partial charge in [-0.1, -0.05) is 18.2 Å². The summed E-state index contributed by atoms with van der Waals surface area (Å²) in [5.74, 6) is 0. The van der Waals surface area contributed by atoms with Crippen LogP contribution in [0.15, 0.2) is 30.3 Å². The molecule has 13 heavy (non-hydrogen) atoms. The van der Waals surface area contributed by atoms with E-state index < -0.39 is 0 Å². The first-order valence-corrected chi connectivity index (χ1v) is 6.70. The van der Waals surface area contributed by atoms with Gasteiger partial charge in [-0.2, -0.15) is 0 Å². The molecule has 0 fully saturated rings. The maximum Gasteiger partial charge on any atom is 0.121 e. The molecule has 0 heterocycles. The Morgan fingerprint density at radius 2 is 1.62 bits per heavy atom. The fourth-order valence-electron chi connectivity index (χ4n) is 1.20. The predicted molar refractivity (Wildman–Crippen MR) is 65.7 cm³/mol. The molecular formula is C10H15NS2. The van der Waals surface area contributed by atoms with Gasteiger partial charge in [-0.15, -0.1) is 23.5 Å². The van der Waals surface area contributed by atoms with Crippen molar-refractivity contribution in [2.75, 3.05) is 24.5 Å². The van der Waals surface area contributed by atoms with Gasteiger partial charge < -0.3 is 4.90 Å². The highest BCUT2D eigenvalue weighted by molar-refractivity contribution is 8.16. The van der Waals surface area contributed by atoms with Gasteiger partial charge >= 0.3 is 0 Å². The largest absolute Gasteiger partial charge is 0.354 e. The number of nitrogens with zero attached hydrogens (tertiary/aromatic N) is 1. The maximum absolute atomic E-state index is 2.29. The van der Waals surface area contributed by atoms with E-state index in [2.05, 4.69) is 48.7 Å². The molecule has 0 aromatic heterocycles. The second kappa shape index (κ2) is 5.45. The van der Waals surface area contributed by atoms with E-state index in [1.165, 1.54) is 5.69 Å². The summed E-state index contributed by atoms with van der Waals surface area (Å²) in [6, 6.07) is 10.5. The Morgan fingerprint density at radius 3 is 2.08 bits per heavy atom. The third kappa shape index (κ3) is 2.85. The Labute approximate surface area is 88.9 Å². The van der Waals surface area contributed by atoms with Crippen LogP contribution in [0.25, 0.3) is 0 Å². The van der Waals surface area contributed by atoms with E-state index in [-0.39, 0.29) is 0 Å². The molecular weight excluding hydrogens is 198 g/mol. The normalized spacial score (nSPS) is 10.5. The molecule has 0 aliphatic rings. The monoisotopic (exact) mass is 213 g/mol. The first-order valence-electron chi connectivity index (χ1n) is 4.13. The van der Waals surface area contributed by atoms with Crippen LogP contribution in [0.2, 0.25) is 0 Å². The van der Waals surface area contributed by atoms with Gasteiger partial charge in [0, 0.05) is 12.7 Å². The van der Waals surface area contributed by atoms with Gasteiger partial charge in [-0.25, -0.2) is 0 Å². The van der Waals surface area contributed by atoms with Gasteiger partial charge in [0.2, 0.25) is 0 Å². The molecule has 3 heteroatoms. The van der Waals surface area contributed by atoms with E-state index >= 15 is 0 Å².